The summed E-state index contributed by atoms with van der Waals surface area (Å²) in [6.07, 6.45) is 0.327. The molecular weight excluding hydrogens is 380 g/mol. The van der Waals surface area contributed by atoms with E-state index in [4.69, 9.17) is 4.74 Å². The molecule has 0 bridgehead atoms. The molecule has 7 heteroatoms. The number of nitrogens with one attached hydrogen (secondary N) is 1. The van der Waals surface area contributed by atoms with Crippen molar-refractivity contribution in [2.45, 2.75) is 26.4 Å². The molecule has 3 aromatic rings. The number of hydrogen-bond acceptors (Lipinski definition) is 4. The topological polar surface area (TPSA) is 76.5 Å². The minimum Gasteiger partial charge on any atom is -0.497 e. The predicted molar refractivity (Wildman–Crippen MR) is 114 cm³/mol. The Morgan fingerprint density at radius 2 is 1.87 bits per heavy atom. The molecule has 0 aliphatic carbocycles. The molecule has 0 saturated heterocycles. The Labute approximate surface area is 175 Å². The lowest BCUT2D eigenvalue weighted by atomic mass is 10.1. The summed E-state index contributed by atoms with van der Waals surface area (Å²) in [6.45, 7) is 2.91. The number of amides is 2. The third kappa shape index (κ3) is 4.20. The predicted octanol–water partition coefficient (Wildman–Crippen LogP) is 2.92. The van der Waals surface area contributed by atoms with Crippen LogP contribution in [-0.2, 0) is 22.7 Å². The fourth-order valence-corrected chi connectivity index (χ4v) is 3.43. The van der Waals surface area contributed by atoms with Gasteiger partial charge in [-0.3, -0.25) is 14.5 Å². The van der Waals surface area contributed by atoms with E-state index in [-0.39, 0.29) is 18.4 Å². The number of ether oxygens (including phenoxy) is 1. The molecule has 2 heterocycles. The number of carbonyl (C=O) groups excluding carboxylic acids is 2. The molecule has 0 radical (unpaired) electrons. The van der Waals surface area contributed by atoms with Gasteiger partial charge in [-0.15, -0.1) is 0 Å². The second-order valence-electron chi connectivity index (χ2n) is 7.33. The summed E-state index contributed by atoms with van der Waals surface area (Å²) in [5.41, 5.74) is 3.91. The van der Waals surface area contributed by atoms with Crippen molar-refractivity contribution in [2.24, 2.45) is 0 Å². The van der Waals surface area contributed by atoms with Gasteiger partial charge in [0.05, 0.1) is 19.3 Å². The first kappa shape index (κ1) is 19.7. The van der Waals surface area contributed by atoms with Crippen LogP contribution in [0.2, 0.25) is 0 Å². The van der Waals surface area contributed by atoms with Crippen molar-refractivity contribution in [3.05, 3.63) is 65.7 Å². The molecule has 154 valence electrons. The number of aryl methyl sites for hydroxylation is 2. The van der Waals surface area contributed by atoms with Gasteiger partial charge in [-0.2, -0.15) is 5.10 Å². The van der Waals surface area contributed by atoms with Crippen LogP contribution < -0.4 is 15.0 Å². The van der Waals surface area contributed by atoms with E-state index >= 15 is 0 Å². The molecule has 7 nitrogen and oxygen atoms in total. The van der Waals surface area contributed by atoms with E-state index in [1.54, 1.807) is 11.8 Å². The number of hydrogen-bond donors (Lipinski definition) is 1. The van der Waals surface area contributed by atoms with Gasteiger partial charge in [0.1, 0.15) is 18.1 Å². The molecule has 0 unspecified atom stereocenters. The summed E-state index contributed by atoms with van der Waals surface area (Å²) in [5.74, 6) is 1.13. The van der Waals surface area contributed by atoms with E-state index in [1.165, 1.54) is 10.5 Å². The lowest BCUT2D eigenvalue weighted by molar-refractivity contribution is -0.124. The highest BCUT2D eigenvalue weighted by molar-refractivity contribution is 5.99. The monoisotopic (exact) mass is 404 g/mol. The minimum absolute atomic E-state index is 0.0337. The van der Waals surface area contributed by atoms with Crippen LogP contribution in [0.25, 0.3) is 11.3 Å². The van der Waals surface area contributed by atoms with Crippen LogP contribution in [0.4, 0.5) is 5.82 Å². The molecule has 2 amide bonds. The Morgan fingerprint density at radius 1 is 1.13 bits per heavy atom. The van der Waals surface area contributed by atoms with Crippen molar-refractivity contribution in [1.29, 1.82) is 0 Å². The largest absolute Gasteiger partial charge is 0.497 e. The van der Waals surface area contributed by atoms with Crippen molar-refractivity contribution in [1.82, 2.24) is 15.1 Å². The van der Waals surface area contributed by atoms with Crippen LogP contribution in [0.5, 0.6) is 5.75 Å². The number of anilines is 1. The van der Waals surface area contributed by atoms with Crippen LogP contribution >= 0.6 is 0 Å². The molecule has 0 saturated carbocycles. The summed E-state index contributed by atoms with van der Waals surface area (Å²) < 4.78 is 6.94. The van der Waals surface area contributed by atoms with E-state index in [2.05, 4.69) is 10.4 Å². The Bertz CT molecular complexity index is 1060. The molecule has 1 aromatic heterocycles. The zero-order valence-electron chi connectivity index (χ0n) is 17.1. The molecule has 2 aromatic carbocycles. The average Bonchev–Trinajstić information content (AvgIpc) is 3.20. The molecule has 0 spiro atoms. The highest BCUT2D eigenvalue weighted by Gasteiger charge is 2.28. The molecule has 1 N–H and O–H groups in total. The lowest BCUT2D eigenvalue weighted by Gasteiger charge is -2.26. The Kier molecular flexibility index (Phi) is 5.52. The maximum Gasteiger partial charge on any atom is 0.240 e. The number of methoxy groups -OCH3 is 1. The minimum atomic E-state index is -0.217. The van der Waals surface area contributed by atoms with Gasteiger partial charge >= 0.3 is 0 Å². The summed E-state index contributed by atoms with van der Waals surface area (Å²) in [5, 5.41) is 7.51. The molecule has 30 heavy (non-hydrogen) atoms. The van der Waals surface area contributed by atoms with E-state index < -0.39 is 0 Å². The molecular formula is C23H24N4O3. The van der Waals surface area contributed by atoms with Crippen LogP contribution in [0.15, 0.2) is 54.6 Å². The Morgan fingerprint density at radius 3 is 2.57 bits per heavy atom. The summed E-state index contributed by atoms with van der Waals surface area (Å²) in [6, 6.07) is 17.4. The standard InChI is InChI=1S/C23H24N4O3/c1-16-3-7-18(8-4-16)20-13-22-26(23(29)11-12-27(22)25-20)15-21(28)24-14-17-5-9-19(30-2)10-6-17/h3-10,13H,11-12,14-15H2,1-2H3,(H,24,28). The fourth-order valence-electron chi connectivity index (χ4n) is 3.43. The van der Waals surface area contributed by atoms with Gasteiger partial charge < -0.3 is 10.1 Å². The van der Waals surface area contributed by atoms with E-state index in [1.807, 2.05) is 61.5 Å². The van der Waals surface area contributed by atoms with Crippen molar-refractivity contribution in [2.75, 3.05) is 18.6 Å². The van der Waals surface area contributed by atoms with Gasteiger partial charge in [0.25, 0.3) is 0 Å². The van der Waals surface area contributed by atoms with Crippen LogP contribution in [-0.4, -0.2) is 35.2 Å². The Balaban J connectivity index is 1.45. The highest BCUT2D eigenvalue weighted by Crippen LogP contribution is 2.28. The SMILES string of the molecule is COc1ccc(CNC(=O)CN2C(=O)CCn3nc(-c4ccc(C)cc4)cc32)cc1. The molecule has 4 rings (SSSR count). The fraction of sp³-hybridized carbons (Fsp3) is 0.261. The second-order valence-corrected chi connectivity index (χ2v) is 7.33. The summed E-state index contributed by atoms with van der Waals surface area (Å²) >= 11 is 0. The van der Waals surface area contributed by atoms with Crippen LogP contribution in [0.3, 0.4) is 0 Å². The summed E-state index contributed by atoms with van der Waals surface area (Å²) in [4.78, 5) is 26.5. The first-order chi connectivity index (χ1) is 14.5. The van der Waals surface area contributed by atoms with Gasteiger partial charge in [0, 0.05) is 24.6 Å². The van der Waals surface area contributed by atoms with E-state index in [9.17, 15) is 9.59 Å². The number of fused-ring (bicyclic) bond motifs is 1. The van der Waals surface area contributed by atoms with Gasteiger partial charge in [0.15, 0.2) is 0 Å². The first-order valence-corrected chi connectivity index (χ1v) is 9.88. The number of carbonyl (C=O) groups is 2. The third-order valence-electron chi connectivity index (χ3n) is 5.17. The molecule has 0 atom stereocenters. The third-order valence-corrected chi connectivity index (χ3v) is 5.17. The van der Waals surface area contributed by atoms with Crippen molar-refractivity contribution in [3.63, 3.8) is 0 Å². The first-order valence-electron chi connectivity index (χ1n) is 9.88. The van der Waals surface area contributed by atoms with Crippen molar-refractivity contribution in [3.8, 4) is 17.0 Å². The number of nitrogens with zero attached hydrogens (tertiary/aromatic N) is 3. The maximum atomic E-state index is 12.5. The van der Waals surface area contributed by atoms with Crippen LogP contribution in [0.1, 0.15) is 17.5 Å². The maximum absolute atomic E-state index is 12.5. The quantitative estimate of drug-likeness (QED) is 0.685. The molecule has 1 aliphatic heterocycles. The van der Waals surface area contributed by atoms with E-state index in [0.717, 1.165) is 22.6 Å². The summed E-state index contributed by atoms with van der Waals surface area (Å²) in [7, 11) is 1.61. The normalized spacial score (nSPS) is 13.1. The lowest BCUT2D eigenvalue weighted by Crippen LogP contribution is -2.44. The van der Waals surface area contributed by atoms with Crippen molar-refractivity contribution >= 4 is 17.6 Å². The van der Waals surface area contributed by atoms with Gasteiger partial charge in [-0.1, -0.05) is 42.0 Å². The molecule has 1 aliphatic rings. The molecule has 0 fully saturated rings. The number of aromatic nitrogens is 2. The Hall–Kier alpha value is -3.61. The van der Waals surface area contributed by atoms with Gasteiger partial charge in [-0.05, 0) is 24.6 Å². The smallest absolute Gasteiger partial charge is 0.240 e. The zero-order valence-corrected chi connectivity index (χ0v) is 17.1. The average molecular weight is 404 g/mol. The van der Waals surface area contributed by atoms with Gasteiger partial charge in [0.2, 0.25) is 11.8 Å². The number of benzene rings is 2. The second kappa shape index (κ2) is 8.41. The van der Waals surface area contributed by atoms with Gasteiger partial charge in [-0.25, -0.2) is 4.68 Å². The van der Waals surface area contributed by atoms with Crippen molar-refractivity contribution < 1.29 is 14.3 Å². The highest BCUT2D eigenvalue weighted by atomic mass is 16.5. The zero-order chi connectivity index (χ0) is 21.1. The van der Waals surface area contributed by atoms with Crippen LogP contribution in [0, 0.1) is 6.92 Å². The number of rotatable bonds is 6. The van der Waals surface area contributed by atoms with E-state index in [0.29, 0.717) is 25.3 Å².